The molecule has 0 aromatic carbocycles. The molecule has 86 valence electrons. The van der Waals surface area contributed by atoms with Gasteiger partial charge in [-0.1, -0.05) is 0 Å². The van der Waals surface area contributed by atoms with Crippen molar-refractivity contribution < 1.29 is 15.7 Å². The van der Waals surface area contributed by atoms with Crippen LogP contribution in [0, 0.1) is 0 Å². The number of nitrogens with zero attached hydrogens (tertiary/aromatic N) is 1. The minimum Gasteiger partial charge on any atom is -0.371 e. The van der Waals surface area contributed by atoms with E-state index in [-0.39, 0.29) is 18.1 Å². The molecule has 0 amide bonds. The van der Waals surface area contributed by atoms with Crippen molar-refractivity contribution in [3.63, 3.8) is 0 Å². The highest BCUT2D eigenvalue weighted by atomic mass is 127. The second-order valence-electron chi connectivity index (χ2n) is 3.96. The number of fused-ring (bicyclic) bond motifs is 2. The van der Waals surface area contributed by atoms with Crippen LogP contribution in [0.2, 0.25) is 0 Å². The predicted molar refractivity (Wildman–Crippen MR) is 72.5 cm³/mol. The topological polar surface area (TPSA) is 40.2 Å². The summed E-state index contributed by atoms with van der Waals surface area (Å²) in [4.78, 5) is 5.56. The lowest BCUT2D eigenvalue weighted by Crippen LogP contribution is -2.59. The van der Waals surface area contributed by atoms with Crippen molar-refractivity contribution in [1.82, 2.24) is 5.06 Å². The van der Waals surface area contributed by atoms with Gasteiger partial charge < -0.3 is 10.9 Å². The van der Waals surface area contributed by atoms with E-state index in [9.17, 15) is 0 Å². The molecule has 2 fully saturated rings. The summed E-state index contributed by atoms with van der Waals surface area (Å²) < 4.78 is 16.7. The summed E-state index contributed by atoms with van der Waals surface area (Å²) >= 11 is 3.80. The third-order valence-electron chi connectivity index (χ3n) is 3.06. The van der Waals surface area contributed by atoms with Crippen molar-refractivity contribution in [2.45, 2.75) is 23.8 Å². The van der Waals surface area contributed by atoms with Gasteiger partial charge >= 0.3 is 0 Å². The summed E-state index contributed by atoms with van der Waals surface area (Å²) in [5, 5.41) is 1.83. The third-order valence-corrected chi connectivity index (χ3v) is 3.92. The van der Waals surface area contributed by atoms with Gasteiger partial charge in [-0.25, -0.2) is 0 Å². The van der Waals surface area contributed by atoms with Gasteiger partial charge in [0.2, 0.25) is 0 Å². The first-order chi connectivity index (χ1) is 7.14. The van der Waals surface area contributed by atoms with Crippen LogP contribution >= 0.6 is 46.0 Å². The Morgan fingerprint density at radius 2 is 2.33 bits per heavy atom. The fourth-order valence-corrected chi connectivity index (χ4v) is 3.64. The zero-order chi connectivity index (χ0) is 11.1. The van der Waals surface area contributed by atoms with Crippen molar-refractivity contribution in [2.75, 3.05) is 20.3 Å². The van der Waals surface area contributed by atoms with Gasteiger partial charge in [-0.2, -0.15) is 5.06 Å². The van der Waals surface area contributed by atoms with Crippen LogP contribution in [0.3, 0.4) is 0 Å². The molecule has 2 bridgehead atoms. The van der Waals surface area contributed by atoms with E-state index in [1.165, 1.54) is 0 Å². The Balaban J connectivity index is 2.25. The maximum absolute atomic E-state index is 5.96. The summed E-state index contributed by atoms with van der Waals surface area (Å²) in [6.07, 6.45) is -0.0124. The van der Waals surface area contributed by atoms with Crippen molar-refractivity contribution in [2.24, 2.45) is 0 Å². The van der Waals surface area contributed by atoms with Gasteiger partial charge in [-0.3, -0.25) is 4.84 Å². The molecule has 2 aliphatic rings. The van der Waals surface area contributed by atoms with Crippen molar-refractivity contribution in [1.29, 1.82) is 0 Å². The number of likely N-dealkylation sites (N-methyl/N-ethyl adjacent to an activating group) is 1. The summed E-state index contributed by atoms with van der Waals surface area (Å²) in [6.45, 7) is 0.955. The molecule has 0 aromatic rings. The number of hydroxylamine groups is 2. The molecule has 0 N–H and O–H groups in total. The van der Waals surface area contributed by atoms with E-state index in [0.717, 1.165) is 0 Å². The van der Waals surface area contributed by atoms with Crippen molar-refractivity contribution in [3.05, 3.63) is 0 Å². The standard InChI is InChI=1S/C7H12BI2NO4/c1-11-4-5(15-10)7(2-12-9,3-13-11)14-6(4)8/h4-6H,2-3,8H2,1H3. The largest absolute Gasteiger partial charge is 0.371 e. The molecular weight excluding hydrogens is 427 g/mol. The lowest BCUT2D eigenvalue weighted by molar-refractivity contribution is -0.242. The smallest absolute Gasteiger partial charge is 0.146 e. The van der Waals surface area contributed by atoms with Crippen LogP contribution in [0.5, 0.6) is 0 Å². The summed E-state index contributed by atoms with van der Waals surface area (Å²) in [7, 11) is 3.95. The van der Waals surface area contributed by atoms with E-state index in [0.29, 0.717) is 13.2 Å². The van der Waals surface area contributed by atoms with E-state index >= 15 is 0 Å². The Morgan fingerprint density at radius 3 is 2.93 bits per heavy atom. The van der Waals surface area contributed by atoms with Crippen molar-refractivity contribution in [3.8, 4) is 0 Å². The van der Waals surface area contributed by atoms with Gasteiger partial charge in [0.05, 0.1) is 12.6 Å². The summed E-state index contributed by atoms with van der Waals surface area (Å²) in [6, 6.07) is 0.214. The van der Waals surface area contributed by atoms with Crippen LogP contribution in [0.1, 0.15) is 0 Å². The van der Waals surface area contributed by atoms with Crippen LogP contribution in [0.15, 0.2) is 0 Å². The van der Waals surface area contributed by atoms with Crippen LogP contribution in [-0.2, 0) is 15.7 Å². The SMILES string of the molecule is BC1OC2(COI)CON(C)C1C2OI. The van der Waals surface area contributed by atoms with Gasteiger partial charge in [0.1, 0.15) is 72.2 Å². The third kappa shape index (κ3) is 2.06. The fraction of sp³-hybridized carbons (Fsp3) is 1.00. The van der Waals surface area contributed by atoms with Crippen molar-refractivity contribution >= 4 is 53.9 Å². The molecule has 2 rings (SSSR count). The molecule has 5 nitrogen and oxygen atoms in total. The molecular formula is C7H12BI2NO4. The number of ether oxygens (including phenoxy) is 1. The highest BCUT2D eigenvalue weighted by Crippen LogP contribution is 2.40. The summed E-state index contributed by atoms with van der Waals surface area (Å²) in [5.41, 5.74) is -0.459. The highest BCUT2D eigenvalue weighted by Gasteiger charge is 2.59. The van der Waals surface area contributed by atoms with Crippen LogP contribution in [0.4, 0.5) is 0 Å². The molecule has 0 radical (unpaired) electrons. The van der Waals surface area contributed by atoms with E-state index in [2.05, 4.69) is 0 Å². The van der Waals surface area contributed by atoms with E-state index in [1.54, 1.807) is 0 Å². The minimum absolute atomic E-state index is 0.0124. The molecule has 2 heterocycles. The fourth-order valence-electron chi connectivity index (χ4n) is 2.35. The van der Waals surface area contributed by atoms with Gasteiger partial charge in [-0.15, -0.1) is 0 Å². The molecule has 2 aliphatic heterocycles. The van der Waals surface area contributed by atoms with Crippen LogP contribution < -0.4 is 0 Å². The van der Waals surface area contributed by atoms with Gasteiger partial charge in [0, 0.05) is 13.1 Å². The molecule has 0 aromatic heterocycles. The average molecular weight is 439 g/mol. The number of hydrogen-bond donors (Lipinski definition) is 0. The normalized spacial score (nSPS) is 45.9. The Labute approximate surface area is 118 Å². The Morgan fingerprint density at radius 1 is 1.60 bits per heavy atom. The maximum atomic E-state index is 5.96. The Kier molecular flexibility index (Phi) is 4.18. The number of halogens is 2. The lowest BCUT2D eigenvalue weighted by Gasteiger charge is -2.40. The zero-order valence-electron chi connectivity index (χ0n) is 8.48. The first-order valence-corrected chi connectivity index (χ1v) is 6.45. The second kappa shape index (κ2) is 4.90. The monoisotopic (exact) mass is 439 g/mol. The molecule has 2 saturated heterocycles. The summed E-state index contributed by atoms with van der Waals surface area (Å²) in [5.74, 6) is 0. The van der Waals surface area contributed by atoms with E-state index in [1.807, 2.05) is 66.0 Å². The number of hydrogen-bond acceptors (Lipinski definition) is 5. The second-order valence-corrected chi connectivity index (χ2v) is 5.09. The molecule has 0 aliphatic carbocycles. The van der Waals surface area contributed by atoms with Gasteiger partial charge in [0.15, 0.2) is 0 Å². The Hall–Kier alpha value is 1.32. The average Bonchev–Trinajstić information content (AvgIpc) is 2.41. The van der Waals surface area contributed by atoms with Gasteiger partial charge in [0.25, 0.3) is 0 Å². The molecule has 4 atom stereocenters. The van der Waals surface area contributed by atoms with Crippen LogP contribution in [-0.4, -0.2) is 56.9 Å². The first-order valence-electron chi connectivity index (χ1n) is 4.69. The van der Waals surface area contributed by atoms with Crippen LogP contribution in [0.25, 0.3) is 0 Å². The number of rotatable bonds is 3. The molecule has 0 saturated carbocycles. The zero-order valence-corrected chi connectivity index (χ0v) is 12.8. The molecule has 15 heavy (non-hydrogen) atoms. The maximum Gasteiger partial charge on any atom is 0.146 e. The van der Waals surface area contributed by atoms with Gasteiger partial charge in [-0.05, 0) is 0 Å². The predicted octanol–water partition coefficient (Wildman–Crippen LogP) is 0.0620. The Bertz CT molecular complexity index is 249. The molecule has 0 spiro atoms. The van der Waals surface area contributed by atoms with E-state index < -0.39 is 5.60 Å². The lowest BCUT2D eigenvalue weighted by atomic mass is 9.86. The first kappa shape index (κ1) is 12.8. The highest BCUT2D eigenvalue weighted by molar-refractivity contribution is 14.1. The minimum atomic E-state index is -0.459. The van der Waals surface area contributed by atoms with E-state index in [4.69, 9.17) is 15.7 Å². The molecule has 8 heteroatoms. The quantitative estimate of drug-likeness (QED) is 0.460. The molecule has 4 unspecified atom stereocenters.